The number of carbonyl (C=O) groups is 1. The molecule has 0 fully saturated rings. The monoisotopic (exact) mass is 195 g/mol. The number of aromatic nitrogens is 1. The van der Waals surface area contributed by atoms with Crippen LogP contribution in [0, 0.1) is 0 Å². The smallest absolute Gasteiger partial charge is 0.161 e. The lowest BCUT2D eigenvalue weighted by Gasteiger charge is -2.05. The highest BCUT2D eigenvalue weighted by Crippen LogP contribution is 2.29. The number of ketones is 1. The van der Waals surface area contributed by atoms with Crippen LogP contribution < -0.4 is 0 Å². The zero-order chi connectivity index (χ0) is 9.42. The molecule has 13 heavy (non-hydrogen) atoms. The van der Waals surface area contributed by atoms with Crippen molar-refractivity contribution in [2.45, 2.75) is 26.2 Å². The quantitative estimate of drug-likeness (QED) is 0.509. The van der Waals surface area contributed by atoms with Gasteiger partial charge in [0.2, 0.25) is 0 Å². The lowest BCUT2D eigenvalue weighted by molar-refractivity contribution is 0.101. The Kier molecular flexibility index (Phi) is 2.08. The van der Waals surface area contributed by atoms with E-state index in [-0.39, 0.29) is 5.78 Å². The van der Waals surface area contributed by atoms with Gasteiger partial charge in [-0.3, -0.25) is 4.79 Å². The number of nitrogens with zero attached hydrogens (tertiary/aromatic N) is 1. The molecule has 0 aromatic carbocycles. The summed E-state index contributed by atoms with van der Waals surface area (Å²) < 4.78 is 0. The number of carbonyl (C=O) groups excluding carboxylic acids is 1. The molecule has 1 aromatic rings. The third-order valence-corrected chi connectivity index (χ3v) is 2.80. The second-order valence-corrected chi connectivity index (χ2v) is 3.69. The normalized spacial score (nSPS) is 14.3. The minimum Gasteiger partial charge on any atom is -0.294 e. The fraction of sp³-hybridized carbons (Fsp3) is 0.400. The maximum absolute atomic E-state index is 11.2. The summed E-state index contributed by atoms with van der Waals surface area (Å²) in [6.07, 6.45) is 4.60. The van der Waals surface area contributed by atoms with Crippen LogP contribution in [0.5, 0.6) is 0 Å². The van der Waals surface area contributed by atoms with E-state index in [1.54, 1.807) is 13.1 Å². The number of hydrogen-bond acceptors (Lipinski definition) is 2. The fourth-order valence-corrected chi connectivity index (χ4v) is 2.11. The van der Waals surface area contributed by atoms with Gasteiger partial charge in [-0.15, -0.1) is 0 Å². The van der Waals surface area contributed by atoms with E-state index in [1.165, 1.54) is 0 Å². The van der Waals surface area contributed by atoms with E-state index in [1.807, 2.05) is 0 Å². The highest BCUT2D eigenvalue weighted by Gasteiger charge is 2.20. The van der Waals surface area contributed by atoms with Gasteiger partial charge in [0.05, 0.1) is 0 Å². The molecular weight excluding hydrogens is 186 g/mol. The predicted molar refractivity (Wildman–Crippen MR) is 51.3 cm³/mol. The molecule has 68 valence electrons. The molecule has 0 atom stereocenters. The third-order valence-electron chi connectivity index (χ3n) is 2.48. The maximum atomic E-state index is 11.2. The van der Waals surface area contributed by atoms with Gasteiger partial charge in [-0.2, -0.15) is 0 Å². The second-order valence-electron chi connectivity index (χ2n) is 3.33. The Morgan fingerprint density at radius 1 is 1.46 bits per heavy atom. The Bertz CT molecular complexity index is 373. The Morgan fingerprint density at radius 2 is 2.15 bits per heavy atom. The van der Waals surface area contributed by atoms with Crippen LogP contribution in [0.25, 0.3) is 0 Å². The highest BCUT2D eigenvalue weighted by molar-refractivity contribution is 6.30. The molecule has 2 nitrogen and oxygen atoms in total. The van der Waals surface area contributed by atoms with Gasteiger partial charge in [0.1, 0.15) is 5.15 Å². The van der Waals surface area contributed by atoms with Crippen LogP contribution in [0.15, 0.2) is 6.20 Å². The minimum atomic E-state index is 0.0855. The van der Waals surface area contributed by atoms with Gasteiger partial charge in [0.15, 0.2) is 5.78 Å². The SMILES string of the molecule is CC(=O)c1cnc(Cl)c2c1CCC2. The maximum Gasteiger partial charge on any atom is 0.161 e. The van der Waals surface area contributed by atoms with E-state index in [9.17, 15) is 4.79 Å². The third kappa shape index (κ3) is 1.35. The van der Waals surface area contributed by atoms with Gasteiger partial charge < -0.3 is 0 Å². The lowest BCUT2D eigenvalue weighted by Crippen LogP contribution is -2.01. The molecule has 0 unspecified atom stereocenters. The van der Waals surface area contributed by atoms with Crippen molar-refractivity contribution >= 4 is 17.4 Å². The van der Waals surface area contributed by atoms with Crippen LogP contribution in [0.2, 0.25) is 5.15 Å². The molecule has 0 radical (unpaired) electrons. The van der Waals surface area contributed by atoms with Crippen LogP contribution in [-0.4, -0.2) is 10.8 Å². The topological polar surface area (TPSA) is 30.0 Å². The Balaban J connectivity index is 2.62. The molecule has 0 amide bonds. The molecule has 1 aliphatic carbocycles. The molecule has 1 aromatic heterocycles. The first kappa shape index (κ1) is 8.70. The first-order chi connectivity index (χ1) is 6.20. The van der Waals surface area contributed by atoms with E-state index in [2.05, 4.69) is 4.98 Å². The highest BCUT2D eigenvalue weighted by atomic mass is 35.5. The van der Waals surface area contributed by atoms with Crippen molar-refractivity contribution in [3.05, 3.63) is 28.0 Å². The van der Waals surface area contributed by atoms with Crippen LogP contribution in [0.4, 0.5) is 0 Å². The van der Waals surface area contributed by atoms with Gasteiger partial charge in [-0.25, -0.2) is 4.98 Å². The summed E-state index contributed by atoms with van der Waals surface area (Å²) in [5, 5.41) is 0.567. The van der Waals surface area contributed by atoms with E-state index in [0.29, 0.717) is 5.15 Å². The molecule has 3 heteroatoms. The molecule has 1 aliphatic rings. The zero-order valence-electron chi connectivity index (χ0n) is 7.43. The standard InChI is InChI=1S/C10H10ClNO/c1-6(13)9-5-12-10(11)8-4-2-3-7(8)9/h5H,2-4H2,1H3. The lowest BCUT2D eigenvalue weighted by atomic mass is 10.0. The van der Waals surface area contributed by atoms with Crippen LogP contribution in [0.3, 0.4) is 0 Å². The Labute approximate surface area is 81.9 Å². The van der Waals surface area contributed by atoms with Crippen molar-refractivity contribution in [2.75, 3.05) is 0 Å². The number of pyridine rings is 1. The van der Waals surface area contributed by atoms with Crippen molar-refractivity contribution in [3.63, 3.8) is 0 Å². The first-order valence-electron chi connectivity index (χ1n) is 4.37. The van der Waals surface area contributed by atoms with Crippen LogP contribution in [-0.2, 0) is 12.8 Å². The molecule has 1 heterocycles. The van der Waals surface area contributed by atoms with Crippen molar-refractivity contribution in [2.24, 2.45) is 0 Å². The van der Waals surface area contributed by atoms with Crippen LogP contribution >= 0.6 is 11.6 Å². The summed E-state index contributed by atoms with van der Waals surface area (Å²) in [5.41, 5.74) is 2.94. The van der Waals surface area contributed by atoms with Crippen molar-refractivity contribution in [1.29, 1.82) is 0 Å². The van der Waals surface area contributed by atoms with E-state index >= 15 is 0 Å². The summed E-state index contributed by atoms with van der Waals surface area (Å²) in [7, 11) is 0. The summed E-state index contributed by atoms with van der Waals surface area (Å²) in [5.74, 6) is 0.0855. The molecule has 0 bridgehead atoms. The van der Waals surface area contributed by atoms with Gasteiger partial charge in [0.25, 0.3) is 0 Å². The first-order valence-corrected chi connectivity index (χ1v) is 4.75. The number of halogens is 1. The summed E-state index contributed by atoms with van der Waals surface area (Å²) in [4.78, 5) is 15.2. The molecule has 0 N–H and O–H groups in total. The minimum absolute atomic E-state index is 0.0855. The van der Waals surface area contributed by atoms with E-state index in [4.69, 9.17) is 11.6 Å². The van der Waals surface area contributed by atoms with E-state index < -0.39 is 0 Å². The van der Waals surface area contributed by atoms with Gasteiger partial charge in [-0.05, 0) is 37.3 Å². The van der Waals surface area contributed by atoms with Crippen molar-refractivity contribution in [1.82, 2.24) is 4.98 Å². The summed E-state index contributed by atoms with van der Waals surface area (Å²) in [6.45, 7) is 1.57. The number of Topliss-reactive ketones (excluding diaryl/α,β-unsaturated/α-hetero) is 1. The largest absolute Gasteiger partial charge is 0.294 e. The predicted octanol–water partition coefficient (Wildman–Crippen LogP) is 2.43. The molecule has 0 spiro atoms. The Morgan fingerprint density at radius 3 is 2.85 bits per heavy atom. The Hall–Kier alpha value is -0.890. The molecule has 0 aliphatic heterocycles. The van der Waals surface area contributed by atoms with E-state index in [0.717, 1.165) is 36.0 Å². The van der Waals surface area contributed by atoms with Crippen molar-refractivity contribution in [3.8, 4) is 0 Å². The summed E-state index contributed by atoms with van der Waals surface area (Å²) >= 11 is 5.92. The van der Waals surface area contributed by atoms with Gasteiger partial charge in [0, 0.05) is 11.8 Å². The molecule has 0 saturated heterocycles. The van der Waals surface area contributed by atoms with Crippen LogP contribution in [0.1, 0.15) is 34.8 Å². The average molecular weight is 196 g/mol. The molecule has 2 rings (SSSR count). The number of rotatable bonds is 1. The van der Waals surface area contributed by atoms with Gasteiger partial charge in [-0.1, -0.05) is 11.6 Å². The number of hydrogen-bond donors (Lipinski definition) is 0. The van der Waals surface area contributed by atoms with Gasteiger partial charge >= 0.3 is 0 Å². The summed E-state index contributed by atoms with van der Waals surface area (Å²) in [6, 6.07) is 0. The number of fused-ring (bicyclic) bond motifs is 1. The second kappa shape index (κ2) is 3.11. The molecule has 0 saturated carbocycles. The molecular formula is C10H10ClNO. The van der Waals surface area contributed by atoms with Crippen molar-refractivity contribution < 1.29 is 4.79 Å². The average Bonchev–Trinajstić information content (AvgIpc) is 2.53. The fourth-order valence-electron chi connectivity index (χ4n) is 1.85. The zero-order valence-corrected chi connectivity index (χ0v) is 8.19.